The van der Waals surface area contributed by atoms with Crippen molar-refractivity contribution >= 4 is 0 Å². The molecular weight excluding hydrogens is 438 g/mol. The zero-order chi connectivity index (χ0) is 24.5. The predicted molar refractivity (Wildman–Crippen MR) is 139 cm³/mol. The number of aryl methyl sites for hydroxylation is 1. The maximum Gasteiger partial charge on any atom is 0.161 e. The van der Waals surface area contributed by atoms with Crippen LogP contribution in [0.4, 0.5) is 0 Å². The summed E-state index contributed by atoms with van der Waals surface area (Å²) in [5, 5.41) is 14.3. The van der Waals surface area contributed by atoms with Crippen molar-refractivity contribution in [2.24, 2.45) is 5.92 Å². The highest BCUT2D eigenvalue weighted by atomic mass is 16.5. The zero-order valence-electron chi connectivity index (χ0n) is 20.8. The SMILES string of the molecule is COc1cc2c(cc1OC)C(O)C(CCCNCCCc1ccc(OCc3ccccc3)cc1)C2. The summed E-state index contributed by atoms with van der Waals surface area (Å²) in [4.78, 5) is 0. The van der Waals surface area contributed by atoms with Gasteiger partial charge in [0, 0.05) is 0 Å². The number of aliphatic hydroxyl groups is 1. The normalized spacial score (nSPS) is 16.7. The van der Waals surface area contributed by atoms with Crippen LogP contribution in [0.25, 0.3) is 0 Å². The molecule has 4 rings (SSSR count). The lowest BCUT2D eigenvalue weighted by molar-refractivity contribution is 0.117. The number of hydrogen-bond acceptors (Lipinski definition) is 5. The monoisotopic (exact) mass is 475 g/mol. The molecule has 3 aromatic carbocycles. The minimum absolute atomic E-state index is 0.256. The van der Waals surface area contributed by atoms with Gasteiger partial charge >= 0.3 is 0 Å². The van der Waals surface area contributed by atoms with E-state index in [1.54, 1.807) is 14.2 Å². The molecule has 0 aromatic heterocycles. The van der Waals surface area contributed by atoms with Crippen LogP contribution in [0.15, 0.2) is 66.7 Å². The van der Waals surface area contributed by atoms with Crippen LogP contribution in [0, 0.1) is 5.92 Å². The quantitative estimate of drug-likeness (QED) is 0.320. The van der Waals surface area contributed by atoms with Crippen molar-refractivity contribution in [1.82, 2.24) is 5.32 Å². The molecular formula is C30H37NO4. The van der Waals surface area contributed by atoms with Crippen molar-refractivity contribution in [3.8, 4) is 17.2 Å². The lowest BCUT2D eigenvalue weighted by atomic mass is 9.97. The van der Waals surface area contributed by atoms with Gasteiger partial charge in [-0.05, 0) is 97.6 Å². The fourth-order valence-electron chi connectivity index (χ4n) is 4.82. The Morgan fingerprint density at radius 3 is 2.31 bits per heavy atom. The molecule has 0 saturated carbocycles. The number of aliphatic hydroxyl groups excluding tert-OH is 1. The number of hydrogen-bond donors (Lipinski definition) is 2. The third-order valence-electron chi connectivity index (χ3n) is 6.81. The minimum atomic E-state index is -0.426. The van der Waals surface area contributed by atoms with Gasteiger partial charge in [-0.3, -0.25) is 0 Å². The Labute approximate surface area is 209 Å². The van der Waals surface area contributed by atoms with E-state index in [9.17, 15) is 5.11 Å². The maximum atomic E-state index is 10.8. The van der Waals surface area contributed by atoms with Crippen LogP contribution in [-0.4, -0.2) is 32.4 Å². The van der Waals surface area contributed by atoms with Gasteiger partial charge in [-0.25, -0.2) is 0 Å². The fraction of sp³-hybridized carbons (Fsp3) is 0.400. The summed E-state index contributed by atoms with van der Waals surface area (Å²) in [6.07, 6.45) is 4.66. The van der Waals surface area contributed by atoms with Crippen LogP contribution in [0.5, 0.6) is 17.2 Å². The van der Waals surface area contributed by atoms with Gasteiger partial charge in [-0.1, -0.05) is 42.5 Å². The molecule has 1 aliphatic rings. The Kier molecular flexibility index (Phi) is 9.04. The summed E-state index contributed by atoms with van der Waals surface area (Å²) < 4.78 is 16.7. The number of methoxy groups -OCH3 is 2. The first-order valence-electron chi connectivity index (χ1n) is 12.6. The van der Waals surface area contributed by atoms with Crippen LogP contribution in [0.3, 0.4) is 0 Å². The number of ether oxygens (including phenoxy) is 3. The molecule has 5 nitrogen and oxygen atoms in total. The summed E-state index contributed by atoms with van der Waals surface area (Å²) >= 11 is 0. The van der Waals surface area contributed by atoms with Crippen molar-refractivity contribution < 1.29 is 19.3 Å². The van der Waals surface area contributed by atoms with Crippen molar-refractivity contribution in [1.29, 1.82) is 0 Å². The van der Waals surface area contributed by atoms with Gasteiger partial charge in [0.25, 0.3) is 0 Å². The highest BCUT2D eigenvalue weighted by Gasteiger charge is 2.32. The van der Waals surface area contributed by atoms with E-state index in [0.717, 1.165) is 62.3 Å². The van der Waals surface area contributed by atoms with Gasteiger partial charge in [0.1, 0.15) is 12.4 Å². The van der Waals surface area contributed by atoms with E-state index in [4.69, 9.17) is 14.2 Å². The molecule has 0 bridgehead atoms. The molecule has 186 valence electrons. The Bertz CT molecular complexity index is 1050. The first-order valence-corrected chi connectivity index (χ1v) is 12.6. The molecule has 0 fully saturated rings. The van der Waals surface area contributed by atoms with E-state index < -0.39 is 6.10 Å². The van der Waals surface area contributed by atoms with Crippen LogP contribution in [-0.2, 0) is 19.4 Å². The molecule has 5 heteroatoms. The fourth-order valence-corrected chi connectivity index (χ4v) is 4.82. The average molecular weight is 476 g/mol. The second-order valence-corrected chi connectivity index (χ2v) is 9.23. The van der Waals surface area contributed by atoms with Crippen molar-refractivity contribution in [2.75, 3.05) is 27.3 Å². The lowest BCUT2D eigenvalue weighted by Gasteiger charge is -2.15. The number of rotatable bonds is 13. The summed E-state index contributed by atoms with van der Waals surface area (Å²) in [7, 11) is 3.28. The Morgan fingerprint density at radius 1 is 0.857 bits per heavy atom. The van der Waals surface area contributed by atoms with Gasteiger partial charge in [0.2, 0.25) is 0 Å². The average Bonchev–Trinajstić information content (AvgIpc) is 3.21. The molecule has 2 unspecified atom stereocenters. The summed E-state index contributed by atoms with van der Waals surface area (Å²) in [6, 6.07) is 22.6. The molecule has 0 saturated heterocycles. The molecule has 0 amide bonds. The number of nitrogens with one attached hydrogen (secondary N) is 1. The van der Waals surface area contributed by atoms with Crippen LogP contribution in [0.1, 0.15) is 47.6 Å². The van der Waals surface area contributed by atoms with Crippen molar-refractivity contribution in [3.05, 3.63) is 89.0 Å². The Hall–Kier alpha value is -3.02. The highest BCUT2D eigenvalue weighted by molar-refractivity contribution is 5.50. The molecule has 2 atom stereocenters. The molecule has 0 heterocycles. The summed E-state index contributed by atoms with van der Waals surface area (Å²) in [5.74, 6) is 2.58. The van der Waals surface area contributed by atoms with Gasteiger partial charge in [-0.15, -0.1) is 0 Å². The van der Waals surface area contributed by atoms with E-state index >= 15 is 0 Å². The highest BCUT2D eigenvalue weighted by Crippen LogP contribution is 2.43. The number of fused-ring (bicyclic) bond motifs is 1. The first kappa shape index (κ1) is 25.1. The van der Waals surface area contributed by atoms with Crippen LogP contribution >= 0.6 is 0 Å². The van der Waals surface area contributed by atoms with Crippen LogP contribution < -0.4 is 19.5 Å². The smallest absolute Gasteiger partial charge is 0.161 e. The summed E-state index contributed by atoms with van der Waals surface area (Å²) in [5.41, 5.74) is 4.66. The number of benzene rings is 3. The van der Waals surface area contributed by atoms with Gasteiger partial charge < -0.3 is 24.6 Å². The van der Waals surface area contributed by atoms with E-state index in [1.165, 1.54) is 16.7 Å². The third-order valence-corrected chi connectivity index (χ3v) is 6.81. The molecule has 0 aliphatic heterocycles. The van der Waals surface area contributed by atoms with Crippen molar-refractivity contribution in [3.63, 3.8) is 0 Å². The van der Waals surface area contributed by atoms with Gasteiger partial charge in [-0.2, -0.15) is 0 Å². The minimum Gasteiger partial charge on any atom is -0.493 e. The zero-order valence-corrected chi connectivity index (χ0v) is 20.8. The predicted octanol–water partition coefficient (Wildman–Crippen LogP) is 5.49. The molecule has 2 N–H and O–H groups in total. The van der Waals surface area contributed by atoms with E-state index in [-0.39, 0.29) is 5.92 Å². The van der Waals surface area contributed by atoms with Crippen molar-refractivity contribution in [2.45, 2.75) is 44.8 Å². The van der Waals surface area contributed by atoms with Crippen LogP contribution in [0.2, 0.25) is 0 Å². The lowest BCUT2D eigenvalue weighted by Crippen LogP contribution is -2.19. The van der Waals surface area contributed by atoms with Gasteiger partial charge in [0.05, 0.1) is 20.3 Å². The Balaban J connectivity index is 1.10. The Morgan fingerprint density at radius 2 is 1.57 bits per heavy atom. The summed E-state index contributed by atoms with van der Waals surface area (Å²) in [6.45, 7) is 2.56. The van der Waals surface area contributed by atoms with E-state index in [0.29, 0.717) is 12.4 Å². The second-order valence-electron chi connectivity index (χ2n) is 9.23. The molecule has 3 aromatic rings. The third kappa shape index (κ3) is 6.77. The van der Waals surface area contributed by atoms with E-state index in [1.807, 2.05) is 30.3 Å². The maximum absolute atomic E-state index is 10.8. The van der Waals surface area contributed by atoms with E-state index in [2.05, 4.69) is 41.7 Å². The first-order chi connectivity index (χ1) is 17.2. The molecule has 0 radical (unpaired) electrons. The molecule has 35 heavy (non-hydrogen) atoms. The topological polar surface area (TPSA) is 60.0 Å². The van der Waals surface area contributed by atoms with Gasteiger partial charge in [0.15, 0.2) is 11.5 Å². The molecule has 0 spiro atoms. The largest absolute Gasteiger partial charge is 0.493 e. The standard InChI is InChI=1S/C30H37NO4/c1-33-28-19-25-18-24(30(32)27(25)20-29(28)34-2)11-7-17-31-16-6-10-22-12-14-26(15-13-22)35-21-23-8-4-3-5-9-23/h3-5,8-9,12-15,19-20,24,30-32H,6-7,10-11,16-18,21H2,1-2H3. The second kappa shape index (κ2) is 12.6. The molecule has 1 aliphatic carbocycles.